The van der Waals surface area contributed by atoms with Gasteiger partial charge in [0.1, 0.15) is 5.75 Å². The predicted molar refractivity (Wildman–Crippen MR) is 71.4 cm³/mol. The summed E-state index contributed by atoms with van der Waals surface area (Å²) in [6.45, 7) is 0.286. The molecule has 2 rings (SSSR count). The maximum Gasteiger partial charge on any atom is 0.219 e. The van der Waals surface area contributed by atoms with E-state index < -0.39 is 0 Å². The third-order valence-electron chi connectivity index (χ3n) is 2.10. The van der Waals surface area contributed by atoms with Crippen LogP contribution in [0.4, 0.5) is 0 Å². The average Bonchev–Trinajstić information content (AvgIpc) is 2.32. The molecule has 1 heterocycles. The van der Waals surface area contributed by atoms with Crippen molar-refractivity contribution in [3.63, 3.8) is 0 Å². The summed E-state index contributed by atoms with van der Waals surface area (Å²) < 4.78 is 6.55. The number of benzene rings is 1. The summed E-state index contributed by atoms with van der Waals surface area (Å²) in [6.07, 6.45) is 0. The van der Waals surface area contributed by atoms with Gasteiger partial charge in [-0.1, -0.05) is 33.6 Å². The molecule has 5 heteroatoms. The first-order valence-corrected chi connectivity index (χ1v) is 6.15. The van der Waals surface area contributed by atoms with Gasteiger partial charge in [0, 0.05) is 17.1 Å². The Morgan fingerprint density at radius 1 is 1.29 bits per heavy atom. The zero-order valence-electron chi connectivity index (χ0n) is 8.86. The molecule has 0 aliphatic carbocycles. The number of nitrogens with two attached hydrogens (primary N) is 1. The first kappa shape index (κ1) is 12.4. The Balaban J connectivity index is 2.24. The number of ether oxygens (including phenoxy) is 1. The van der Waals surface area contributed by atoms with Gasteiger partial charge in [0.2, 0.25) is 5.88 Å². The summed E-state index contributed by atoms with van der Waals surface area (Å²) in [5.41, 5.74) is 6.15. The van der Waals surface area contributed by atoms with Crippen LogP contribution in [0.1, 0.15) is 5.69 Å². The zero-order chi connectivity index (χ0) is 12.3. The number of hydrogen-bond acceptors (Lipinski definition) is 3. The summed E-state index contributed by atoms with van der Waals surface area (Å²) in [6, 6.07) is 11.0. The smallest absolute Gasteiger partial charge is 0.219 e. The van der Waals surface area contributed by atoms with E-state index in [0.29, 0.717) is 22.3 Å². The van der Waals surface area contributed by atoms with Crippen molar-refractivity contribution in [2.75, 3.05) is 0 Å². The zero-order valence-corrected chi connectivity index (χ0v) is 11.2. The van der Waals surface area contributed by atoms with E-state index in [1.54, 1.807) is 12.1 Å². The van der Waals surface area contributed by atoms with Gasteiger partial charge in [-0.2, -0.15) is 0 Å². The van der Waals surface area contributed by atoms with Crippen molar-refractivity contribution in [3.8, 4) is 11.6 Å². The molecule has 0 unspecified atom stereocenters. The minimum atomic E-state index is 0.286. The summed E-state index contributed by atoms with van der Waals surface area (Å²) in [5.74, 6) is 1.19. The molecule has 0 saturated carbocycles. The van der Waals surface area contributed by atoms with Crippen LogP contribution in [0.2, 0.25) is 5.02 Å². The van der Waals surface area contributed by atoms with Crippen molar-refractivity contribution in [1.82, 2.24) is 4.98 Å². The highest BCUT2D eigenvalue weighted by atomic mass is 79.9. The Kier molecular flexibility index (Phi) is 3.99. The van der Waals surface area contributed by atoms with Crippen LogP contribution < -0.4 is 10.5 Å². The Bertz CT molecular complexity index is 534. The Morgan fingerprint density at radius 3 is 2.82 bits per heavy atom. The lowest BCUT2D eigenvalue weighted by atomic mass is 10.3. The monoisotopic (exact) mass is 312 g/mol. The van der Waals surface area contributed by atoms with E-state index in [-0.39, 0.29) is 6.54 Å². The molecular formula is C12H10BrClN2O. The highest BCUT2D eigenvalue weighted by Crippen LogP contribution is 2.25. The Hall–Kier alpha value is -1.10. The second kappa shape index (κ2) is 5.49. The third-order valence-corrected chi connectivity index (χ3v) is 2.94. The van der Waals surface area contributed by atoms with Gasteiger partial charge in [0.15, 0.2) is 0 Å². The van der Waals surface area contributed by atoms with Crippen molar-refractivity contribution in [2.24, 2.45) is 5.73 Å². The first-order chi connectivity index (χ1) is 8.19. The van der Waals surface area contributed by atoms with Gasteiger partial charge in [0.05, 0.1) is 10.7 Å². The lowest BCUT2D eigenvalue weighted by Gasteiger charge is -2.07. The van der Waals surface area contributed by atoms with Crippen LogP contribution in [-0.4, -0.2) is 4.98 Å². The standard InChI is InChI=1S/C12H10BrClN2O/c13-8-2-1-3-9(6-8)17-12-5-4-10(14)11(7-15)16-12/h1-6H,7,15H2. The lowest BCUT2D eigenvalue weighted by Crippen LogP contribution is -2.01. The second-order valence-corrected chi connectivity index (χ2v) is 4.66. The Labute approximate surface area is 113 Å². The number of rotatable bonds is 3. The van der Waals surface area contributed by atoms with Crippen molar-refractivity contribution < 1.29 is 4.74 Å². The maximum atomic E-state index is 5.92. The van der Waals surface area contributed by atoms with Crippen LogP contribution in [0.5, 0.6) is 11.6 Å². The van der Waals surface area contributed by atoms with Gasteiger partial charge in [-0.15, -0.1) is 0 Å². The first-order valence-electron chi connectivity index (χ1n) is 4.98. The van der Waals surface area contributed by atoms with Crippen molar-refractivity contribution in [2.45, 2.75) is 6.54 Å². The fraction of sp³-hybridized carbons (Fsp3) is 0.0833. The SMILES string of the molecule is NCc1nc(Oc2cccc(Br)c2)ccc1Cl. The number of nitrogens with zero attached hydrogens (tertiary/aromatic N) is 1. The predicted octanol–water partition coefficient (Wildman–Crippen LogP) is 3.75. The van der Waals surface area contributed by atoms with E-state index >= 15 is 0 Å². The molecule has 0 radical (unpaired) electrons. The van der Waals surface area contributed by atoms with Gasteiger partial charge in [0.25, 0.3) is 0 Å². The highest BCUT2D eigenvalue weighted by Gasteiger charge is 2.04. The largest absolute Gasteiger partial charge is 0.439 e. The van der Waals surface area contributed by atoms with Crippen molar-refractivity contribution in [3.05, 3.63) is 51.6 Å². The van der Waals surface area contributed by atoms with Crippen LogP contribution in [-0.2, 0) is 6.54 Å². The van der Waals surface area contributed by atoms with E-state index in [0.717, 1.165) is 4.47 Å². The van der Waals surface area contributed by atoms with E-state index in [9.17, 15) is 0 Å². The van der Waals surface area contributed by atoms with Crippen molar-refractivity contribution >= 4 is 27.5 Å². The summed E-state index contributed by atoms with van der Waals surface area (Å²) in [7, 11) is 0. The molecule has 88 valence electrons. The van der Waals surface area contributed by atoms with Gasteiger partial charge < -0.3 is 10.5 Å². The average molecular weight is 314 g/mol. The summed E-state index contributed by atoms with van der Waals surface area (Å²) in [5, 5.41) is 0.550. The Morgan fingerprint density at radius 2 is 2.12 bits per heavy atom. The van der Waals surface area contributed by atoms with Crippen LogP contribution >= 0.6 is 27.5 Å². The van der Waals surface area contributed by atoms with E-state index in [1.165, 1.54) is 0 Å². The summed E-state index contributed by atoms with van der Waals surface area (Å²) >= 11 is 9.29. The highest BCUT2D eigenvalue weighted by molar-refractivity contribution is 9.10. The molecule has 0 aliphatic rings. The van der Waals surface area contributed by atoms with Crippen LogP contribution in [0.15, 0.2) is 40.9 Å². The van der Waals surface area contributed by atoms with Crippen LogP contribution in [0.25, 0.3) is 0 Å². The molecule has 0 bridgehead atoms. The fourth-order valence-electron chi connectivity index (χ4n) is 1.32. The molecule has 2 aromatic rings. The second-order valence-electron chi connectivity index (χ2n) is 3.34. The third kappa shape index (κ3) is 3.19. The number of halogens is 2. The van der Waals surface area contributed by atoms with Gasteiger partial charge in [-0.25, -0.2) is 4.98 Å². The molecule has 0 spiro atoms. The molecular weight excluding hydrogens is 304 g/mol. The van der Waals surface area contributed by atoms with E-state index in [1.807, 2.05) is 24.3 Å². The molecule has 3 nitrogen and oxygen atoms in total. The number of hydrogen-bond donors (Lipinski definition) is 1. The number of aromatic nitrogens is 1. The van der Waals surface area contributed by atoms with Crippen LogP contribution in [0.3, 0.4) is 0 Å². The van der Waals surface area contributed by atoms with E-state index in [2.05, 4.69) is 20.9 Å². The van der Waals surface area contributed by atoms with E-state index in [4.69, 9.17) is 22.1 Å². The minimum absolute atomic E-state index is 0.286. The topological polar surface area (TPSA) is 48.1 Å². The quantitative estimate of drug-likeness (QED) is 0.939. The molecule has 0 amide bonds. The molecule has 0 aliphatic heterocycles. The lowest BCUT2D eigenvalue weighted by molar-refractivity contribution is 0.460. The normalized spacial score (nSPS) is 10.3. The molecule has 0 saturated heterocycles. The van der Waals surface area contributed by atoms with Gasteiger partial charge in [-0.05, 0) is 24.3 Å². The molecule has 1 aromatic carbocycles. The van der Waals surface area contributed by atoms with Gasteiger partial charge >= 0.3 is 0 Å². The molecule has 2 N–H and O–H groups in total. The van der Waals surface area contributed by atoms with Crippen LogP contribution in [0, 0.1) is 0 Å². The fourth-order valence-corrected chi connectivity index (χ4v) is 1.88. The van der Waals surface area contributed by atoms with Crippen molar-refractivity contribution in [1.29, 1.82) is 0 Å². The van der Waals surface area contributed by atoms with Gasteiger partial charge in [-0.3, -0.25) is 0 Å². The summed E-state index contributed by atoms with van der Waals surface area (Å²) in [4.78, 5) is 4.22. The molecule has 1 aromatic heterocycles. The minimum Gasteiger partial charge on any atom is -0.439 e. The number of pyridine rings is 1. The molecule has 0 atom stereocenters. The molecule has 0 fully saturated rings. The molecule has 17 heavy (non-hydrogen) atoms. The maximum absolute atomic E-state index is 5.92.